The molecule has 1 saturated heterocycles. The van der Waals surface area contributed by atoms with Crippen LogP contribution in [0.15, 0.2) is 0 Å². The number of hydrogen-bond acceptors (Lipinski definition) is 6. The van der Waals surface area contributed by atoms with Crippen LogP contribution in [-0.4, -0.2) is 59.2 Å². The van der Waals surface area contributed by atoms with Crippen molar-refractivity contribution in [2.75, 3.05) is 38.7 Å². The summed E-state index contributed by atoms with van der Waals surface area (Å²) in [6, 6.07) is 0. The minimum atomic E-state index is -0.911. The lowest BCUT2D eigenvalue weighted by molar-refractivity contribution is 0.0701. The van der Waals surface area contributed by atoms with Crippen molar-refractivity contribution in [2.45, 2.75) is 6.92 Å². The number of carboxylic acids is 1. The zero-order chi connectivity index (χ0) is 12.4. The molecule has 6 nitrogen and oxygen atoms in total. The van der Waals surface area contributed by atoms with Gasteiger partial charge < -0.3 is 10.0 Å². The molecule has 0 aromatic carbocycles. The average Bonchev–Trinajstić information content (AvgIpc) is 2.63. The van der Waals surface area contributed by atoms with E-state index in [-0.39, 0.29) is 0 Å². The lowest BCUT2D eigenvalue weighted by atomic mass is 10.4. The molecule has 0 radical (unpaired) electrons. The predicted octanol–water partition coefficient (Wildman–Crippen LogP) is 0.724. The van der Waals surface area contributed by atoms with Gasteiger partial charge in [-0.25, -0.2) is 14.8 Å². The van der Waals surface area contributed by atoms with Gasteiger partial charge in [0.2, 0.25) is 0 Å². The number of aromatic nitrogens is 1. The second-order valence-electron chi connectivity index (χ2n) is 4.14. The third kappa shape index (κ3) is 2.93. The van der Waals surface area contributed by atoms with Gasteiger partial charge >= 0.3 is 5.97 Å². The van der Waals surface area contributed by atoms with Crippen molar-refractivity contribution in [1.82, 2.24) is 14.9 Å². The van der Waals surface area contributed by atoms with Crippen molar-refractivity contribution < 1.29 is 9.90 Å². The van der Waals surface area contributed by atoms with Crippen molar-refractivity contribution in [3.63, 3.8) is 0 Å². The first-order chi connectivity index (χ1) is 8.06. The summed E-state index contributed by atoms with van der Waals surface area (Å²) in [5.41, 5.74) is 3.74. The summed E-state index contributed by atoms with van der Waals surface area (Å²) in [5.74, 6) is -0.911. The van der Waals surface area contributed by atoms with Crippen molar-refractivity contribution in [3.05, 3.63) is 10.6 Å². The molecule has 17 heavy (non-hydrogen) atoms. The number of nitrogens with one attached hydrogen (secondary N) is 1. The van der Waals surface area contributed by atoms with Gasteiger partial charge in [0, 0.05) is 26.2 Å². The van der Waals surface area contributed by atoms with Crippen LogP contribution in [0.4, 0.5) is 5.13 Å². The molecule has 0 atom stereocenters. The number of anilines is 1. The number of carboxylic acid groups (broad SMARTS) is 1. The number of aryl methyl sites for hydroxylation is 1. The van der Waals surface area contributed by atoms with Crippen LogP contribution in [0.25, 0.3) is 0 Å². The van der Waals surface area contributed by atoms with Crippen molar-refractivity contribution >= 4 is 22.4 Å². The molecule has 1 aromatic heterocycles. The Morgan fingerprint density at radius 2 is 2.06 bits per heavy atom. The number of thiazole rings is 1. The van der Waals surface area contributed by atoms with Gasteiger partial charge in [-0.05, 0) is 14.0 Å². The Morgan fingerprint density at radius 1 is 1.41 bits per heavy atom. The predicted molar refractivity (Wildman–Crippen MR) is 66.5 cm³/mol. The molecule has 0 spiro atoms. The van der Waals surface area contributed by atoms with Crippen molar-refractivity contribution in [1.29, 1.82) is 0 Å². The molecule has 1 aromatic rings. The van der Waals surface area contributed by atoms with Gasteiger partial charge in [0.1, 0.15) is 4.88 Å². The maximum absolute atomic E-state index is 10.9. The minimum Gasteiger partial charge on any atom is -0.477 e. The van der Waals surface area contributed by atoms with Gasteiger partial charge in [-0.3, -0.25) is 5.43 Å². The standard InChI is InChI=1S/C10H16N4O2S/c1-7-8(9(15)16)17-10(11-7)12-14-5-3-13(2)4-6-14/h3-6H2,1-2H3,(H,11,12)(H,15,16). The first-order valence-corrected chi connectivity index (χ1v) is 6.29. The average molecular weight is 256 g/mol. The summed E-state index contributed by atoms with van der Waals surface area (Å²) in [5, 5.41) is 11.7. The summed E-state index contributed by atoms with van der Waals surface area (Å²) in [6.07, 6.45) is 0. The lowest BCUT2D eigenvalue weighted by Crippen LogP contribution is -2.46. The molecule has 7 heteroatoms. The van der Waals surface area contributed by atoms with E-state index < -0.39 is 5.97 Å². The van der Waals surface area contributed by atoms with Crippen molar-refractivity contribution in [3.8, 4) is 0 Å². The van der Waals surface area contributed by atoms with E-state index in [1.807, 2.05) is 0 Å². The van der Waals surface area contributed by atoms with Crippen LogP contribution in [0.5, 0.6) is 0 Å². The molecule has 94 valence electrons. The number of carbonyl (C=O) groups is 1. The molecule has 1 aliphatic rings. The van der Waals surface area contributed by atoms with Crippen LogP contribution in [-0.2, 0) is 0 Å². The minimum absolute atomic E-state index is 0.307. The smallest absolute Gasteiger partial charge is 0.347 e. The molecule has 2 N–H and O–H groups in total. The molecular weight excluding hydrogens is 240 g/mol. The quantitative estimate of drug-likeness (QED) is 0.830. The number of rotatable bonds is 3. The zero-order valence-corrected chi connectivity index (χ0v) is 10.8. The van der Waals surface area contributed by atoms with Gasteiger partial charge in [-0.15, -0.1) is 0 Å². The fraction of sp³-hybridized carbons (Fsp3) is 0.600. The molecule has 1 aliphatic heterocycles. The highest BCUT2D eigenvalue weighted by atomic mass is 32.1. The fourth-order valence-electron chi connectivity index (χ4n) is 1.70. The number of likely N-dealkylation sites (N-methyl/N-ethyl adjacent to an activating group) is 1. The van der Waals surface area contributed by atoms with Crippen LogP contribution >= 0.6 is 11.3 Å². The van der Waals surface area contributed by atoms with Gasteiger partial charge in [0.25, 0.3) is 0 Å². The second-order valence-corrected chi connectivity index (χ2v) is 5.14. The summed E-state index contributed by atoms with van der Waals surface area (Å²) < 4.78 is 0. The first kappa shape index (κ1) is 12.3. The monoisotopic (exact) mass is 256 g/mol. The van der Waals surface area contributed by atoms with E-state index >= 15 is 0 Å². The third-order valence-corrected chi connectivity index (χ3v) is 3.80. The molecule has 0 unspecified atom stereocenters. The van der Waals surface area contributed by atoms with Gasteiger partial charge in [-0.2, -0.15) is 0 Å². The number of hydrazine groups is 1. The fourth-order valence-corrected chi connectivity index (χ4v) is 2.53. The van der Waals surface area contributed by atoms with Crippen molar-refractivity contribution in [2.24, 2.45) is 0 Å². The lowest BCUT2D eigenvalue weighted by Gasteiger charge is -2.32. The van der Waals surface area contributed by atoms with Gasteiger partial charge in [-0.1, -0.05) is 11.3 Å². The highest BCUT2D eigenvalue weighted by molar-refractivity contribution is 7.17. The largest absolute Gasteiger partial charge is 0.477 e. The number of aromatic carboxylic acids is 1. The molecule has 0 amide bonds. The Kier molecular flexibility index (Phi) is 3.60. The molecular formula is C10H16N4O2S. The van der Waals surface area contributed by atoms with Crippen LogP contribution in [0.2, 0.25) is 0 Å². The van der Waals surface area contributed by atoms with E-state index in [1.165, 1.54) is 11.3 Å². The summed E-state index contributed by atoms with van der Waals surface area (Å²) >= 11 is 1.19. The maximum Gasteiger partial charge on any atom is 0.347 e. The first-order valence-electron chi connectivity index (χ1n) is 5.47. The van der Waals surface area contributed by atoms with Crippen LogP contribution < -0.4 is 5.43 Å². The number of hydrogen-bond donors (Lipinski definition) is 2. The number of piperazine rings is 1. The highest BCUT2D eigenvalue weighted by Gasteiger charge is 2.17. The van der Waals surface area contributed by atoms with E-state index in [2.05, 4.69) is 27.4 Å². The van der Waals surface area contributed by atoms with E-state index in [0.29, 0.717) is 15.7 Å². The molecule has 2 rings (SSSR count). The SMILES string of the molecule is Cc1nc(NN2CCN(C)CC2)sc1C(=O)O. The Balaban J connectivity index is 1.99. The van der Waals surface area contributed by atoms with Gasteiger partial charge in [0.05, 0.1) is 5.69 Å². The maximum atomic E-state index is 10.9. The Hall–Kier alpha value is -1.18. The molecule has 2 heterocycles. The summed E-state index contributed by atoms with van der Waals surface area (Å²) in [4.78, 5) is 17.7. The summed E-state index contributed by atoms with van der Waals surface area (Å²) in [6.45, 7) is 5.55. The zero-order valence-electron chi connectivity index (χ0n) is 9.93. The Bertz CT molecular complexity index is 412. The third-order valence-electron chi connectivity index (χ3n) is 2.75. The Morgan fingerprint density at radius 3 is 2.59 bits per heavy atom. The molecule has 0 bridgehead atoms. The van der Waals surface area contributed by atoms with E-state index in [0.717, 1.165) is 26.2 Å². The topological polar surface area (TPSA) is 68.7 Å². The highest BCUT2D eigenvalue weighted by Crippen LogP contribution is 2.23. The summed E-state index contributed by atoms with van der Waals surface area (Å²) in [7, 11) is 2.09. The normalized spacial score (nSPS) is 18.2. The van der Waals surface area contributed by atoms with E-state index in [4.69, 9.17) is 5.11 Å². The Labute approximate surface area is 104 Å². The van der Waals surface area contributed by atoms with Crippen LogP contribution in [0.1, 0.15) is 15.4 Å². The molecule has 0 saturated carbocycles. The molecule has 1 fully saturated rings. The van der Waals surface area contributed by atoms with E-state index in [9.17, 15) is 4.79 Å². The second kappa shape index (κ2) is 4.99. The number of nitrogens with zero attached hydrogens (tertiary/aromatic N) is 3. The van der Waals surface area contributed by atoms with E-state index in [1.54, 1.807) is 6.92 Å². The van der Waals surface area contributed by atoms with Gasteiger partial charge in [0.15, 0.2) is 5.13 Å². The van der Waals surface area contributed by atoms with Crippen LogP contribution in [0, 0.1) is 6.92 Å². The molecule has 0 aliphatic carbocycles. The van der Waals surface area contributed by atoms with Crippen LogP contribution in [0.3, 0.4) is 0 Å².